The number of rotatable bonds is 2. The van der Waals surface area contributed by atoms with Crippen LogP contribution in [0.15, 0.2) is 39.4 Å². The molecule has 3 rings (SSSR count). The van der Waals surface area contributed by atoms with Gasteiger partial charge in [-0.25, -0.2) is 0 Å². The Hall–Kier alpha value is -1.26. The number of furan rings is 1. The van der Waals surface area contributed by atoms with E-state index >= 15 is 0 Å². The molecule has 2 heterocycles. The number of fused-ring (bicyclic) bond motifs is 1. The molecule has 1 amide bonds. The zero-order valence-electron chi connectivity index (χ0n) is 10.2. The van der Waals surface area contributed by atoms with Crippen molar-refractivity contribution in [1.82, 2.24) is 0 Å². The molecule has 1 aliphatic heterocycles. The highest BCUT2D eigenvalue weighted by molar-refractivity contribution is 9.10. The topological polar surface area (TPSA) is 33.5 Å². The Morgan fingerprint density at radius 1 is 1.37 bits per heavy atom. The van der Waals surface area contributed by atoms with Crippen LogP contribution < -0.4 is 4.90 Å². The fourth-order valence-electron chi connectivity index (χ4n) is 2.28. The lowest BCUT2D eigenvalue weighted by atomic mass is 10.0. The van der Waals surface area contributed by atoms with Gasteiger partial charge in [0.25, 0.3) is 0 Å². The number of amides is 1. The van der Waals surface area contributed by atoms with Gasteiger partial charge < -0.3 is 9.32 Å². The first kappa shape index (κ1) is 12.8. The summed E-state index contributed by atoms with van der Waals surface area (Å²) in [5.41, 5.74) is 2.91. The molecule has 0 fully saturated rings. The molecule has 0 bridgehead atoms. The maximum atomic E-state index is 11.7. The van der Waals surface area contributed by atoms with Crippen molar-refractivity contribution >= 4 is 39.1 Å². The number of hydrogen-bond acceptors (Lipinski definition) is 2. The van der Waals surface area contributed by atoms with Gasteiger partial charge in [-0.1, -0.05) is 12.1 Å². The van der Waals surface area contributed by atoms with Gasteiger partial charge in [-0.3, -0.25) is 4.79 Å². The number of carbonyl (C=O) groups is 1. The fraction of sp³-hybridized carbons (Fsp3) is 0.214. The molecule has 19 heavy (non-hydrogen) atoms. The van der Waals surface area contributed by atoms with E-state index in [0.717, 1.165) is 16.8 Å². The maximum Gasteiger partial charge on any atom is 0.231 e. The third-order valence-corrected chi connectivity index (χ3v) is 4.21. The van der Waals surface area contributed by atoms with Crippen molar-refractivity contribution in [2.45, 2.75) is 11.8 Å². The van der Waals surface area contributed by atoms with Gasteiger partial charge in [0.05, 0.1) is 6.42 Å². The standard InChI is InChI=1S/C14H11BrClNO2/c1-17-10-3-2-8(6-9(10)7-13(17)18)14(16)11-4-5-12(15)19-11/h2-6,14H,7H2,1H3. The van der Waals surface area contributed by atoms with Crippen LogP contribution >= 0.6 is 27.5 Å². The van der Waals surface area contributed by atoms with Gasteiger partial charge in [0.15, 0.2) is 4.67 Å². The third-order valence-electron chi connectivity index (χ3n) is 3.32. The van der Waals surface area contributed by atoms with Crippen LogP contribution in [0.25, 0.3) is 0 Å². The molecule has 1 atom stereocenters. The largest absolute Gasteiger partial charge is 0.452 e. The molecule has 1 unspecified atom stereocenters. The van der Waals surface area contributed by atoms with E-state index in [1.807, 2.05) is 30.3 Å². The Labute approximate surface area is 124 Å². The smallest absolute Gasteiger partial charge is 0.231 e. The van der Waals surface area contributed by atoms with Crippen LogP contribution in [-0.4, -0.2) is 13.0 Å². The van der Waals surface area contributed by atoms with E-state index < -0.39 is 0 Å². The number of carbonyl (C=O) groups excluding carboxylic acids is 1. The summed E-state index contributed by atoms with van der Waals surface area (Å²) in [6.45, 7) is 0. The van der Waals surface area contributed by atoms with E-state index in [2.05, 4.69) is 15.9 Å². The molecule has 0 saturated heterocycles. The lowest BCUT2D eigenvalue weighted by Gasteiger charge is -2.12. The Kier molecular flexibility index (Phi) is 3.15. The first-order chi connectivity index (χ1) is 9.06. The minimum Gasteiger partial charge on any atom is -0.452 e. The number of nitrogens with zero attached hydrogens (tertiary/aromatic N) is 1. The fourth-order valence-corrected chi connectivity index (χ4v) is 2.85. The number of anilines is 1. The van der Waals surface area contributed by atoms with E-state index in [4.69, 9.17) is 16.0 Å². The summed E-state index contributed by atoms with van der Waals surface area (Å²) in [4.78, 5) is 13.3. The molecule has 5 heteroatoms. The maximum absolute atomic E-state index is 11.7. The van der Waals surface area contributed by atoms with E-state index in [0.29, 0.717) is 16.9 Å². The molecular weight excluding hydrogens is 330 g/mol. The lowest BCUT2D eigenvalue weighted by molar-refractivity contribution is -0.117. The van der Waals surface area contributed by atoms with E-state index in [1.54, 1.807) is 11.9 Å². The minimum absolute atomic E-state index is 0.110. The van der Waals surface area contributed by atoms with Gasteiger partial charge >= 0.3 is 0 Å². The molecule has 2 aromatic rings. The second-order valence-electron chi connectivity index (χ2n) is 4.52. The highest BCUT2D eigenvalue weighted by atomic mass is 79.9. The average Bonchev–Trinajstić information content (AvgIpc) is 2.94. The Bertz CT molecular complexity index is 653. The molecule has 0 N–H and O–H groups in total. The van der Waals surface area contributed by atoms with Crippen molar-refractivity contribution < 1.29 is 9.21 Å². The highest BCUT2D eigenvalue weighted by Crippen LogP contribution is 2.35. The van der Waals surface area contributed by atoms with E-state index in [1.165, 1.54) is 0 Å². The number of likely N-dealkylation sites (N-methyl/N-ethyl adjacent to an activating group) is 1. The summed E-state index contributed by atoms with van der Waals surface area (Å²) in [5.74, 6) is 0.796. The van der Waals surface area contributed by atoms with Crippen molar-refractivity contribution in [1.29, 1.82) is 0 Å². The van der Waals surface area contributed by atoms with Gasteiger partial charge in [-0.2, -0.15) is 0 Å². The number of hydrogen-bond donors (Lipinski definition) is 0. The van der Waals surface area contributed by atoms with Crippen LogP contribution in [0.3, 0.4) is 0 Å². The van der Waals surface area contributed by atoms with Gasteiger partial charge in [0.1, 0.15) is 11.1 Å². The van der Waals surface area contributed by atoms with Crippen LogP contribution in [0, 0.1) is 0 Å². The molecule has 0 aliphatic carbocycles. The summed E-state index contributed by atoms with van der Waals surface area (Å²) < 4.78 is 6.13. The molecule has 0 spiro atoms. The van der Waals surface area contributed by atoms with Gasteiger partial charge in [0, 0.05) is 12.7 Å². The van der Waals surface area contributed by atoms with Gasteiger partial charge in [0.2, 0.25) is 5.91 Å². The van der Waals surface area contributed by atoms with Crippen LogP contribution in [-0.2, 0) is 11.2 Å². The normalized spacial score (nSPS) is 15.7. The van der Waals surface area contributed by atoms with Crippen LogP contribution in [0.2, 0.25) is 0 Å². The quantitative estimate of drug-likeness (QED) is 0.777. The van der Waals surface area contributed by atoms with Gasteiger partial charge in [-0.05, 0) is 45.3 Å². The van der Waals surface area contributed by atoms with Crippen LogP contribution in [0.1, 0.15) is 22.3 Å². The van der Waals surface area contributed by atoms with Crippen LogP contribution in [0.5, 0.6) is 0 Å². The molecule has 0 saturated carbocycles. The molecule has 1 aliphatic rings. The van der Waals surface area contributed by atoms with Crippen LogP contribution in [0.4, 0.5) is 5.69 Å². The second-order valence-corrected chi connectivity index (χ2v) is 5.74. The molecule has 0 radical (unpaired) electrons. The molecule has 1 aromatic heterocycles. The van der Waals surface area contributed by atoms with Crippen molar-refractivity contribution in [2.75, 3.05) is 11.9 Å². The SMILES string of the molecule is CN1C(=O)Cc2cc(C(Cl)c3ccc(Br)o3)ccc21. The predicted molar refractivity (Wildman–Crippen MR) is 77.7 cm³/mol. The summed E-state index contributed by atoms with van der Waals surface area (Å²) in [6.07, 6.45) is 0.436. The number of benzene rings is 1. The zero-order chi connectivity index (χ0) is 13.6. The van der Waals surface area contributed by atoms with Crippen molar-refractivity contribution in [3.8, 4) is 0 Å². The Balaban J connectivity index is 1.95. The Morgan fingerprint density at radius 2 is 2.16 bits per heavy atom. The van der Waals surface area contributed by atoms with Crippen molar-refractivity contribution in [3.05, 3.63) is 51.9 Å². The average molecular weight is 341 g/mol. The minimum atomic E-state index is -0.349. The summed E-state index contributed by atoms with van der Waals surface area (Å²) in [5, 5.41) is -0.349. The monoisotopic (exact) mass is 339 g/mol. The second kappa shape index (κ2) is 4.69. The summed E-state index contributed by atoms with van der Waals surface area (Å²) >= 11 is 9.67. The molecule has 98 valence electrons. The van der Waals surface area contributed by atoms with Gasteiger partial charge in [-0.15, -0.1) is 11.6 Å². The molecule has 3 nitrogen and oxygen atoms in total. The molecule has 1 aromatic carbocycles. The Morgan fingerprint density at radius 3 is 2.84 bits per heavy atom. The third kappa shape index (κ3) is 2.19. The summed E-state index contributed by atoms with van der Waals surface area (Å²) in [7, 11) is 1.79. The first-order valence-corrected chi connectivity index (χ1v) is 7.08. The zero-order valence-corrected chi connectivity index (χ0v) is 12.5. The lowest BCUT2D eigenvalue weighted by Crippen LogP contribution is -2.20. The van der Waals surface area contributed by atoms with E-state index in [-0.39, 0.29) is 11.3 Å². The highest BCUT2D eigenvalue weighted by Gasteiger charge is 2.25. The number of alkyl halides is 1. The summed E-state index contributed by atoms with van der Waals surface area (Å²) in [6, 6.07) is 9.50. The first-order valence-electron chi connectivity index (χ1n) is 5.85. The number of halogens is 2. The van der Waals surface area contributed by atoms with Crippen molar-refractivity contribution in [2.24, 2.45) is 0 Å². The van der Waals surface area contributed by atoms with E-state index in [9.17, 15) is 4.79 Å². The molecular formula is C14H11BrClNO2. The van der Waals surface area contributed by atoms with Crippen molar-refractivity contribution in [3.63, 3.8) is 0 Å². The predicted octanol–water partition coefficient (Wildman–Crippen LogP) is 3.89.